The van der Waals surface area contributed by atoms with Crippen LogP contribution in [-0.2, 0) is 0 Å². The van der Waals surface area contributed by atoms with E-state index < -0.39 is 0 Å². The Kier molecular flexibility index (Phi) is 54.0. The minimum absolute atomic E-state index is 0. The molecule has 4 heteroatoms. The summed E-state index contributed by atoms with van der Waals surface area (Å²) in [7, 11) is 0. The number of thiocarbonyl (C=S) groups is 1. The zero-order valence-corrected chi connectivity index (χ0v) is 8.17. The van der Waals surface area contributed by atoms with Gasteiger partial charge >= 0.3 is 29.6 Å². The molecule has 0 bridgehead atoms. The third kappa shape index (κ3) is 25.8. The Bertz CT molecular complexity index is 30.6. The van der Waals surface area contributed by atoms with Crippen LogP contribution in [0.3, 0.4) is 0 Å². The standard InChI is InChI=1S/CNS.2Na/c2-1-3;;/q-1;;+1. The SMILES string of the molecule is [N-]=C=S.[Na+].[Na]. The molecule has 0 rings (SSSR count). The van der Waals surface area contributed by atoms with Crippen molar-refractivity contribution >= 4 is 46.9 Å². The van der Waals surface area contributed by atoms with Gasteiger partial charge in [0.2, 0.25) is 0 Å². The quantitative estimate of drug-likeness (QED) is 0.186. The molecule has 0 heterocycles. The molecule has 1 nitrogen and oxygen atoms in total. The van der Waals surface area contributed by atoms with Gasteiger partial charge in [-0.2, -0.15) is 5.16 Å². The second-order valence-electron chi connectivity index (χ2n) is 0.0913. The Labute approximate surface area is 80.6 Å². The van der Waals surface area contributed by atoms with Crippen molar-refractivity contribution in [2.75, 3.05) is 0 Å². The van der Waals surface area contributed by atoms with E-state index >= 15 is 0 Å². The summed E-state index contributed by atoms with van der Waals surface area (Å²) in [5.74, 6) is 0. The van der Waals surface area contributed by atoms with Gasteiger partial charge in [-0.25, -0.2) is 0 Å². The first-order valence-corrected chi connectivity index (χ1v) is 0.836. The second-order valence-corrected chi connectivity index (χ2v) is 0.274. The Morgan fingerprint density at radius 1 is 1.60 bits per heavy atom. The summed E-state index contributed by atoms with van der Waals surface area (Å²) in [6, 6.07) is 0. The molecule has 0 unspecified atom stereocenters. The van der Waals surface area contributed by atoms with Gasteiger partial charge in [0.15, 0.2) is 0 Å². The first-order valence-electron chi connectivity index (χ1n) is 0.428. The van der Waals surface area contributed by atoms with Crippen LogP contribution in [0.2, 0.25) is 0 Å². The Hall–Kier alpha value is 1.80. The van der Waals surface area contributed by atoms with Gasteiger partial charge in [-0.15, -0.1) is 0 Å². The van der Waals surface area contributed by atoms with Crippen molar-refractivity contribution in [2.45, 2.75) is 0 Å². The van der Waals surface area contributed by atoms with Gasteiger partial charge in [0.25, 0.3) is 0 Å². The molecule has 0 fully saturated rings. The summed E-state index contributed by atoms with van der Waals surface area (Å²) in [6.07, 6.45) is 0. The Morgan fingerprint density at radius 2 is 1.60 bits per heavy atom. The third-order valence-corrected chi connectivity index (χ3v) is 0. The maximum absolute atomic E-state index is 7.13. The van der Waals surface area contributed by atoms with Gasteiger partial charge in [-0.05, 0) is 0 Å². The summed E-state index contributed by atoms with van der Waals surface area (Å²) in [4.78, 5) is 0. The zero-order chi connectivity index (χ0) is 2.71. The van der Waals surface area contributed by atoms with E-state index in [2.05, 4.69) is 12.2 Å². The number of nitrogens with zero attached hydrogens (tertiary/aromatic N) is 1. The largest absolute Gasteiger partial charge is 1.00 e. The zero-order valence-electron chi connectivity index (χ0n) is 3.36. The summed E-state index contributed by atoms with van der Waals surface area (Å²) in [5, 5.41) is 8.47. The normalized spacial score (nSPS) is 1.60. The van der Waals surface area contributed by atoms with Gasteiger partial charge in [0.05, 0.1) is 0 Å². The van der Waals surface area contributed by atoms with Gasteiger partial charge < -0.3 is 5.41 Å². The smallest absolute Gasteiger partial charge is 0.753 e. The van der Waals surface area contributed by atoms with E-state index in [0.29, 0.717) is 0 Å². The Balaban J connectivity index is -0.0000000200. The molecule has 0 aromatic rings. The molecule has 0 aliphatic rings. The average molecular weight is 104 g/mol. The topological polar surface area (TPSA) is 22.3 Å². The summed E-state index contributed by atoms with van der Waals surface area (Å²) < 4.78 is 0. The van der Waals surface area contributed by atoms with Crippen molar-refractivity contribution in [2.24, 2.45) is 0 Å². The van der Waals surface area contributed by atoms with E-state index in [-0.39, 0.29) is 59.1 Å². The van der Waals surface area contributed by atoms with Gasteiger partial charge in [0.1, 0.15) is 0 Å². The summed E-state index contributed by atoms with van der Waals surface area (Å²) >= 11 is 3.70. The van der Waals surface area contributed by atoms with Crippen LogP contribution in [0.25, 0.3) is 5.41 Å². The van der Waals surface area contributed by atoms with Crippen molar-refractivity contribution in [1.29, 1.82) is 0 Å². The van der Waals surface area contributed by atoms with Crippen LogP contribution in [0.15, 0.2) is 0 Å². The third-order valence-electron chi connectivity index (χ3n) is 0. The molecular formula is CNNa2S. The Morgan fingerprint density at radius 3 is 1.60 bits per heavy atom. The van der Waals surface area contributed by atoms with E-state index in [1.54, 1.807) is 0 Å². The van der Waals surface area contributed by atoms with Crippen molar-refractivity contribution in [3.63, 3.8) is 0 Å². The van der Waals surface area contributed by atoms with Crippen LogP contribution in [0.1, 0.15) is 0 Å². The fourth-order valence-corrected chi connectivity index (χ4v) is 0. The average Bonchev–Trinajstić information content (AvgIpc) is 0.918. The van der Waals surface area contributed by atoms with Gasteiger partial charge in [-0.1, -0.05) is 12.2 Å². The molecule has 0 aliphatic heterocycles. The predicted octanol–water partition coefficient (Wildman–Crippen LogP) is -2.72. The fraction of sp³-hybridized carbons (Fsp3) is 0. The van der Waals surface area contributed by atoms with Crippen molar-refractivity contribution in [1.82, 2.24) is 0 Å². The van der Waals surface area contributed by atoms with Crippen molar-refractivity contribution in [3.8, 4) is 0 Å². The maximum atomic E-state index is 7.13. The summed E-state index contributed by atoms with van der Waals surface area (Å²) in [6.45, 7) is 0. The van der Waals surface area contributed by atoms with E-state index in [0.717, 1.165) is 0 Å². The van der Waals surface area contributed by atoms with Crippen LogP contribution in [0.5, 0.6) is 0 Å². The molecule has 0 saturated carbocycles. The molecule has 17 valence electrons. The fourth-order valence-electron chi connectivity index (χ4n) is 0. The monoisotopic (exact) mass is 104 g/mol. The van der Waals surface area contributed by atoms with Crippen molar-refractivity contribution < 1.29 is 29.6 Å². The molecular weight excluding hydrogens is 104 g/mol. The van der Waals surface area contributed by atoms with Gasteiger partial charge in [0, 0.05) is 29.6 Å². The van der Waals surface area contributed by atoms with E-state index in [1.165, 1.54) is 5.16 Å². The molecule has 0 saturated heterocycles. The van der Waals surface area contributed by atoms with Crippen LogP contribution in [0, 0.1) is 0 Å². The van der Waals surface area contributed by atoms with Gasteiger partial charge in [-0.3, -0.25) is 0 Å². The van der Waals surface area contributed by atoms with Crippen LogP contribution >= 0.6 is 12.2 Å². The van der Waals surface area contributed by atoms with E-state index in [1.807, 2.05) is 0 Å². The molecule has 0 aromatic carbocycles. The number of isothiocyanates is 1. The second kappa shape index (κ2) is 17.0. The van der Waals surface area contributed by atoms with Crippen LogP contribution in [0.4, 0.5) is 0 Å². The molecule has 0 N–H and O–H groups in total. The van der Waals surface area contributed by atoms with E-state index in [4.69, 9.17) is 5.41 Å². The molecule has 0 spiro atoms. The first-order chi connectivity index (χ1) is 1.41. The van der Waals surface area contributed by atoms with Crippen molar-refractivity contribution in [3.05, 3.63) is 5.41 Å². The summed E-state index contributed by atoms with van der Waals surface area (Å²) in [5.41, 5.74) is 0. The number of rotatable bonds is 0. The maximum Gasteiger partial charge on any atom is 1.00 e. The van der Waals surface area contributed by atoms with E-state index in [9.17, 15) is 0 Å². The molecule has 0 aromatic heterocycles. The minimum Gasteiger partial charge on any atom is -0.753 e. The molecule has 1 radical (unpaired) electrons. The molecule has 0 amide bonds. The molecule has 5 heavy (non-hydrogen) atoms. The molecule has 0 aliphatic carbocycles. The minimum atomic E-state index is 0. The molecule has 0 atom stereocenters. The predicted molar refractivity (Wildman–Crippen MR) is 21.7 cm³/mol. The van der Waals surface area contributed by atoms with Crippen LogP contribution < -0.4 is 29.6 Å². The number of hydrogen-bond acceptors (Lipinski definition) is 1. The van der Waals surface area contributed by atoms with Crippen LogP contribution in [-0.4, -0.2) is 34.7 Å². The number of hydrogen-bond donors (Lipinski definition) is 0. The first kappa shape index (κ1) is 15.8.